The third-order valence-corrected chi connectivity index (χ3v) is 10.1. The van der Waals surface area contributed by atoms with E-state index in [9.17, 15) is 24.6 Å². The lowest BCUT2D eigenvalue weighted by atomic mass is 9.44. The van der Waals surface area contributed by atoms with E-state index in [1.807, 2.05) is 0 Å². The number of aliphatic hydroxyl groups is 2. The van der Waals surface area contributed by atoms with Crippen LogP contribution in [0.1, 0.15) is 43.7 Å². The van der Waals surface area contributed by atoms with Crippen LogP contribution >= 0.6 is 0 Å². The van der Waals surface area contributed by atoms with Crippen LogP contribution in [-0.2, 0) is 14.4 Å². The number of Topliss-reactive ketones (excluding diaryl/α,β-unsaturated/α-hetero) is 1. The van der Waals surface area contributed by atoms with E-state index < -0.39 is 76.2 Å². The SMILES string of the molecule is C[C@]12C=CC(=O)C=C1[C@@H](F)C[C@H]1[C@@H]3C[C@H]4CN(C(=O)c5ccco5)O[C@@]4(C(=O)CO)[C@@]3(C)C[C@H](O)[C@@]12F. The molecule has 9 atom stereocenters. The predicted molar refractivity (Wildman–Crippen MR) is 123 cm³/mol. The minimum atomic E-state index is -2.30. The first kappa shape index (κ1) is 24.6. The molecule has 1 aromatic heterocycles. The molecule has 0 aromatic carbocycles. The van der Waals surface area contributed by atoms with Gasteiger partial charge in [0.2, 0.25) is 0 Å². The second-order valence-electron chi connectivity index (χ2n) is 11.5. The Labute approximate surface area is 211 Å². The van der Waals surface area contributed by atoms with Crippen LogP contribution in [0.2, 0.25) is 0 Å². The highest BCUT2D eigenvalue weighted by Crippen LogP contribution is 2.72. The highest BCUT2D eigenvalue weighted by molar-refractivity contribution is 6.01. The van der Waals surface area contributed by atoms with Crippen molar-refractivity contribution in [1.82, 2.24) is 5.06 Å². The molecule has 5 aliphatic rings. The molecule has 1 amide bonds. The molecular weight excluding hydrogens is 488 g/mol. The maximum Gasteiger partial charge on any atom is 0.313 e. The van der Waals surface area contributed by atoms with E-state index in [0.717, 1.165) is 11.1 Å². The Kier molecular flexibility index (Phi) is 5.11. The summed E-state index contributed by atoms with van der Waals surface area (Å²) in [4.78, 5) is 44.6. The summed E-state index contributed by atoms with van der Waals surface area (Å²) in [5.41, 5.74) is -6.74. The van der Waals surface area contributed by atoms with Crippen LogP contribution in [0.15, 0.2) is 46.6 Å². The largest absolute Gasteiger partial charge is 0.459 e. The van der Waals surface area contributed by atoms with Gasteiger partial charge in [-0.1, -0.05) is 13.0 Å². The minimum absolute atomic E-state index is 0.00462. The Morgan fingerprint density at radius 2 is 2.00 bits per heavy atom. The van der Waals surface area contributed by atoms with Crippen molar-refractivity contribution < 1.29 is 42.6 Å². The van der Waals surface area contributed by atoms with Crippen molar-refractivity contribution in [2.24, 2.45) is 28.6 Å². The lowest BCUT2D eigenvalue weighted by Gasteiger charge is -2.63. The Balaban J connectivity index is 1.43. The number of aliphatic hydroxyl groups excluding tert-OH is 2. The molecule has 2 heterocycles. The lowest BCUT2D eigenvalue weighted by Crippen LogP contribution is -2.70. The summed E-state index contributed by atoms with van der Waals surface area (Å²) >= 11 is 0. The van der Waals surface area contributed by atoms with Gasteiger partial charge in [-0.2, -0.15) is 0 Å². The zero-order valence-electron chi connectivity index (χ0n) is 20.5. The molecule has 0 spiro atoms. The Morgan fingerprint density at radius 3 is 2.68 bits per heavy atom. The van der Waals surface area contributed by atoms with Gasteiger partial charge in [0.25, 0.3) is 0 Å². The van der Waals surface area contributed by atoms with E-state index >= 15 is 8.78 Å². The lowest BCUT2D eigenvalue weighted by molar-refractivity contribution is -0.255. The van der Waals surface area contributed by atoms with E-state index in [2.05, 4.69) is 0 Å². The molecule has 3 saturated carbocycles. The first-order chi connectivity index (χ1) is 17.4. The van der Waals surface area contributed by atoms with Gasteiger partial charge in [0.1, 0.15) is 12.8 Å². The highest BCUT2D eigenvalue weighted by Gasteiger charge is 2.79. The van der Waals surface area contributed by atoms with Crippen LogP contribution in [0.5, 0.6) is 0 Å². The van der Waals surface area contributed by atoms with E-state index in [0.29, 0.717) is 0 Å². The Morgan fingerprint density at radius 1 is 1.24 bits per heavy atom. The van der Waals surface area contributed by atoms with Crippen molar-refractivity contribution in [3.8, 4) is 0 Å². The van der Waals surface area contributed by atoms with Crippen LogP contribution in [0.4, 0.5) is 8.78 Å². The molecule has 6 rings (SSSR count). The molecule has 2 N–H and O–H groups in total. The van der Waals surface area contributed by atoms with E-state index in [4.69, 9.17) is 9.25 Å². The Hall–Kier alpha value is -2.69. The van der Waals surface area contributed by atoms with Crippen LogP contribution in [0.3, 0.4) is 0 Å². The number of carbonyl (C=O) groups excluding carboxylic acids is 3. The molecular formula is C27H29F2NO7. The molecule has 0 unspecified atom stereocenters. The standard InChI is InChI=1S/C27H29F2NO7/c1-24-6-5-15(32)9-18(24)19(28)10-17-16-8-14-12-30(23(35)20-4-3-7-36-20)37-27(14,22(34)13-31)25(16,2)11-21(33)26(17,24)29/h3-7,9,14,16-17,19,21,31,33H,8,10-13H2,1-2H3/t14-,16-,17-,19-,21-,24-,25-,26-,27-/m0/s1. The van der Waals surface area contributed by atoms with Gasteiger partial charge in [-0.05, 0) is 62.0 Å². The number of carbonyl (C=O) groups is 3. The molecule has 1 aromatic rings. The molecule has 1 aliphatic heterocycles. The van der Waals surface area contributed by atoms with E-state index in [-0.39, 0.29) is 37.1 Å². The third-order valence-electron chi connectivity index (χ3n) is 10.1. The van der Waals surface area contributed by atoms with Gasteiger partial charge in [0.05, 0.1) is 18.9 Å². The molecule has 8 nitrogen and oxygen atoms in total. The smallest absolute Gasteiger partial charge is 0.313 e. The number of hydroxylamine groups is 2. The summed E-state index contributed by atoms with van der Waals surface area (Å²) in [6.07, 6.45) is 1.56. The van der Waals surface area contributed by atoms with Gasteiger partial charge >= 0.3 is 5.91 Å². The van der Waals surface area contributed by atoms with Gasteiger partial charge < -0.3 is 14.6 Å². The van der Waals surface area contributed by atoms with Crippen LogP contribution in [0, 0.1) is 28.6 Å². The van der Waals surface area contributed by atoms with E-state index in [1.165, 1.54) is 31.4 Å². The van der Waals surface area contributed by atoms with Crippen molar-refractivity contribution in [1.29, 1.82) is 0 Å². The van der Waals surface area contributed by atoms with Crippen LogP contribution in [-0.4, -0.2) is 69.4 Å². The normalized spacial score (nSPS) is 46.1. The zero-order chi connectivity index (χ0) is 26.5. The number of allylic oxidation sites excluding steroid dienone is 4. The van der Waals surface area contributed by atoms with Crippen molar-refractivity contribution in [3.05, 3.63) is 48.0 Å². The average Bonchev–Trinajstić information content (AvgIpc) is 3.58. The molecule has 1 saturated heterocycles. The fraction of sp³-hybridized carbons (Fsp3) is 0.593. The van der Waals surface area contributed by atoms with Crippen LogP contribution in [0.25, 0.3) is 0 Å². The molecule has 4 fully saturated rings. The number of alkyl halides is 2. The number of hydrogen-bond donors (Lipinski definition) is 2. The summed E-state index contributed by atoms with van der Waals surface area (Å²) in [5.74, 6) is -3.88. The number of amides is 1. The second kappa shape index (κ2) is 7.68. The zero-order valence-corrected chi connectivity index (χ0v) is 20.5. The number of furan rings is 1. The molecule has 0 bridgehead atoms. The number of halogens is 2. The van der Waals surface area contributed by atoms with Crippen molar-refractivity contribution in [2.45, 2.75) is 56.7 Å². The fourth-order valence-electron chi connectivity index (χ4n) is 8.51. The summed E-state index contributed by atoms with van der Waals surface area (Å²) in [5, 5.41) is 22.5. The molecule has 0 radical (unpaired) electrons. The first-order valence-electron chi connectivity index (χ1n) is 12.6. The number of fused-ring (bicyclic) bond motifs is 7. The molecule has 10 heteroatoms. The van der Waals surface area contributed by atoms with Gasteiger partial charge in [-0.25, -0.2) is 13.8 Å². The Bertz CT molecular complexity index is 1250. The van der Waals surface area contributed by atoms with E-state index in [1.54, 1.807) is 13.0 Å². The maximum atomic E-state index is 17.3. The quantitative estimate of drug-likeness (QED) is 0.633. The first-order valence-corrected chi connectivity index (χ1v) is 12.6. The van der Waals surface area contributed by atoms with Crippen molar-refractivity contribution >= 4 is 17.5 Å². The van der Waals surface area contributed by atoms with Gasteiger partial charge in [0, 0.05) is 22.7 Å². The third kappa shape index (κ3) is 2.78. The monoisotopic (exact) mass is 517 g/mol. The minimum Gasteiger partial charge on any atom is -0.459 e. The number of hydrogen-bond acceptors (Lipinski definition) is 7. The summed E-state index contributed by atoms with van der Waals surface area (Å²) in [6, 6.07) is 3.01. The topological polar surface area (TPSA) is 117 Å². The van der Waals surface area contributed by atoms with Gasteiger partial charge in [-0.15, -0.1) is 0 Å². The summed E-state index contributed by atoms with van der Waals surface area (Å²) in [6.45, 7) is 2.34. The molecule has 4 aliphatic carbocycles. The van der Waals surface area contributed by atoms with Gasteiger partial charge in [0.15, 0.2) is 28.6 Å². The predicted octanol–water partition coefficient (Wildman–Crippen LogP) is 2.51. The molecule has 198 valence electrons. The highest BCUT2D eigenvalue weighted by atomic mass is 19.1. The number of rotatable bonds is 3. The average molecular weight is 518 g/mol. The van der Waals surface area contributed by atoms with Gasteiger partial charge in [-0.3, -0.25) is 19.2 Å². The fourth-order valence-corrected chi connectivity index (χ4v) is 8.51. The maximum absolute atomic E-state index is 17.3. The van der Waals surface area contributed by atoms with Crippen LogP contribution < -0.4 is 0 Å². The molecule has 37 heavy (non-hydrogen) atoms. The number of nitrogens with zero attached hydrogens (tertiary/aromatic N) is 1. The number of ketones is 2. The summed E-state index contributed by atoms with van der Waals surface area (Å²) < 4.78 is 38.2. The second-order valence-corrected chi connectivity index (χ2v) is 11.5. The van der Waals surface area contributed by atoms with Crippen molar-refractivity contribution in [3.63, 3.8) is 0 Å². The summed E-state index contributed by atoms with van der Waals surface area (Å²) in [7, 11) is 0. The van der Waals surface area contributed by atoms with Crippen molar-refractivity contribution in [2.75, 3.05) is 13.2 Å².